The fourth-order valence-corrected chi connectivity index (χ4v) is 6.46. The van der Waals surface area contributed by atoms with Gasteiger partial charge in [-0.3, -0.25) is 24.0 Å². The Bertz CT molecular complexity index is 855. The van der Waals surface area contributed by atoms with Gasteiger partial charge >= 0.3 is 5.97 Å². The zero-order chi connectivity index (χ0) is 32.8. The third-order valence-corrected chi connectivity index (χ3v) is 9.54. The van der Waals surface area contributed by atoms with Crippen molar-refractivity contribution in [1.29, 1.82) is 0 Å². The van der Waals surface area contributed by atoms with Gasteiger partial charge in [-0.15, -0.1) is 11.8 Å². The lowest BCUT2D eigenvalue weighted by Crippen LogP contribution is -2.41. The summed E-state index contributed by atoms with van der Waals surface area (Å²) in [6, 6.07) is -0.0707. The van der Waals surface area contributed by atoms with Gasteiger partial charge in [-0.1, -0.05) is 32.1 Å². The van der Waals surface area contributed by atoms with Gasteiger partial charge in [-0.25, -0.2) is 0 Å². The van der Waals surface area contributed by atoms with Crippen LogP contribution in [-0.2, 0) is 24.0 Å². The van der Waals surface area contributed by atoms with E-state index in [-0.39, 0.29) is 55.2 Å². The number of Topliss-reactive ketones (excluding diaryl/α,β-unsaturated/α-hetero) is 1. The van der Waals surface area contributed by atoms with Crippen LogP contribution in [0.3, 0.4) is 0 Å². The maximum Gasteiger partial charge on any atom is 0.303 e. The number of hydrogen-bond acceptors (Lipinski definition) is 7. The summed E-state index contributed by atoms with van der Waals surface area (Å²) in [6.45, 7) is 13.7. The van der Waals surface area contributed by atoms with E-state index in [1.165, 1.54) is 30.0 Å². The van der Waals surface area contributed by atoms with E-state index in [1.54, 1.807) is 32.8 Å². The van der Waals surface area contributed by atoms with Crippen LogP contribution >= 0.6 is 23.5 Å². The van der Waals surface area contributed by atoms with E-state index < -0.39 is 22.6 Å². The van der Waals surface area contributed by atoms with Crippen molar-refractivity contribution in [3.63, 3.8) is 0 Å². The molecule has 3 N–H and O–H groups in total. The predicted octanol–water partition coefficient (Wildman–Crippen LogP) is 5.05. The number of carboxylic acids is 1. The van der Waals surface area contributed by atoms with Crippen molar-refractivity contribution < 1.29 is 29.1 Å². The average molecular weight is 643 g/mol. The Kier molecular flexibility index (Phi) is 22.6. The van der Waals surface area contributed by atoms with Crippen molar-refractivity contribution in [1.82, 2.24) is 15.5 Å². The second kappa shape index (κ2) is 23.6. The molecular formula is C32H56N3O6S2. The molecule has 0 saturated carbocycles. The Morgan fingerprint density at radius 3 is 2.19 bits per heavy atom. The third kappa shape index (κ3) is 20.8. The summed E-state index contributed by atoms with van der Waals surface area (Å²) < 4.78 is -0.892. The molecule has 0 spiro atoms. The molecule has 0 aliphatic rings. The van der Waals surface area contributed by atoms with Crippen molar-refractivity contribution in [2.45, 2.75) is 109 Å². The number of nitrogens with zero attached hydrogens (tertiary/aromatic N) is 1. The molecule has 43 heavy (non-hydrogen) atoms. The van der Waals surface area contributed by atoms with Crippen molar-refractivity contribution in [2.75, 3.05) is 37.9 Å². The molecule has 0 fully saturated rings. The van der Waals surface area contributed by atoms with Gasteiger partial charge in [0.25, 0.3) is 0 Å². The summed E-state index contributed by atoms with van der Waals surface area (Å²) in [6.07, 6.45) is 10.5. The molecule has 0 rings (SSSR count). The summed E-state index contributed by atoms with van der Waals surface area (Å²) in [7, 11) is 3.29. The second-order valence-electron chi connectivity index (χ2n) is 11.8. The minimum Gasteiger partial charge on any atom is -0.481 e. The lowest BCUT2D eigenvalue weighted by atomic mass is 9.85. The Morgan fingerprint density at radius 2 is 1.60 bits per heavy atom. The largest absolute Gasteiger partial charge is 0.481 e. The van der Waals surface area contributed by atoms with E-state index in [0.717, 1.165) is 50.0 Å². The number of carboxylic acid groups (broad SMARTS) is 1. The SMILES string of the molecule is [CH]C(CC(CC(C)(SCCC(=O)NCCSC[CH]CCCCCCCCC(=O)O)C(C)=O)C(=O)N(C)C)C(=O)NC(C)C. The van der Waals surface area contributed by atoms with Crippen LogP contribution in [0.2, 0.25) is 0 Å². The quantitative estimate of drug-likeness (QED) is 0.112. The molecular weight excluding hydrogens is 587 g/mol. The van der Waals surface area contributed by atoms with Gasteiger partial charge in [0, 0.05) is 62.9 Å². The van der Waals surface area contributed by atoms with Crippen LogP contribution in [0.5, 0.6) is 0 Å². The van der Waals surface area contributed by atoms with Crippen molar-refractivity contribution in [3.05, 3.63) is 13.3 Å². The Balaban J connectivity index is 4.38. The average Bonchev–Trinajstić information content (AvgIpc) is 2.91. The lowest BCUT2D eigenvalue weighted by Gasteiger charge is -2.32. The Morgan fingerprint density at radius 1 is 0.977 bits per heavy atom. The van der Waals surface area contributed by atoms with Crippen LogP contribution in [0.4, 0.5) is 0 Å². The standard InChI is InChI=1S/C32H56N3O6S2/c1-24(2)34-30(40)25(3)22-27(31(41)35(6)7)23-32(5,26(4)36)43-20-17-28(37)33-18-21-42-19-15-13-11-9-8-10-12-14-16-29(38)39/h3,15,24-25,27H,8-14,16-23H2,1-2,4-7H3,(H,33,37)(H,34,40)(H,38,39). The molecule has 0 aromatic carbocycles. The van der Waals surface area contributed by atoms with E-state index in [1.807, 2.05) is 13.8 Å². The topological polar surface area (TPSA) is 133 Å². The molecule has 0 aliphatic heterocycles. The molecule has 0 aromatic heterocycles. The number of unbranched alkanes of at least 4 members (excludes halogenated alkanes) is 7. The van der Waals surface area contributed by atoms with Gasteiger partial charge in [0.05, 0.1) is 4.75 Å². The molecule has 0 bridgehead atoms. The summed E-state index contributed by atoms with van der Waals surface area (Å²) in [5.41, 5.74) is 0. The van der Waals surface area contributed by atoms with Gasteiger partial charge in [-0.05, 0) is 72.5 Å². The monoisotopic (exact) mass is 642 g/mol. The molecule has 9 nitrogen and oxygen atoms in total. The number of rotatable bonds is 26. The number of hydrogen-bond donors (Lipinski definition) is 3. The number of carbonyl (C=O) groups is 5. The first-order valence-electron chi connectivity index (χ1n) is 15.5. The number of amides is 3. The normalized spacial score (nSPS) is 14.0. The molecule has 3 unspecified atom stereocenters. The first kappa shape index (κ1) is 41.2. The summed E-state index contributed by atoms with van der Waals surface area (Å²) in [5, 5.41) is 14.3. The summed E-state index contributed by atoms with van der Waals surface area (Å²) in [5.74, 6) is -0.656. The van der Waals surface area contributed by atoms with Gasteiger partial charge < -0.3 is 20.6 Å². The molecule has 0 saturated heterocycles. The number of thioether (sulfide) groups is 2. The fourth-order valence-electron chi connectivity index (χ4n) is 4.46. The van der Waals surface area contributed by atoms with E-state index >= 15 is 0 Å². The number of ketones is 1. The molecule has 3 atom stereocenters. The highest BCUT2D eigenvalue weighted by atomic mass is 32.2. The first-order valence-corrected chi connectivity index (χ1v) is 17.6. The highest BCUT2D eigenvalue weighted by molar-refractivity contribution is 8.01. The van der Waals surface area contributed by atoms with E-state index in [9.17, 15) is 24.0 Å². The Labute approximate surface area is 269 Å². The smallest absolute Gasteiger partial charge is 0.303 e. The van der Waals surface area contributed by atoms with Gasteiger partial charge in [0.1, 0.15) is 5.78 Å². The summed E-state index contributed by atoms with van der Waals surface area (Å²) >= 11 is 3.15. The Hall–Kier alpha value is -1.75. The second-order valence-corrected chi connectivity index (χ2v) is 14.5. The maximum absolute atomic E-state index is 13.0. The number of carbonyl (C=O) groups excluding carboxylic acids is 4. The van der Waals surface area contributed by atoms with Crippen LogP contribution in [0.25, 0.3) is 0 Å². The highest BCUT2D eigenvalue weighted by Gasteiger charge is 2.38. The molecule has 0 aromatic rings. The maximum atomic E-state index is 13.0. The molecule has 3 amide bonds. The molecule has 3 radical (unpaired) electrons. The van der Waals surface area contributed by atoms with Crippen LogP contribution in [0, 0.1) is 25.2 Å². The fraction of sp³-hybridized carbons (Fsp3) is 0.781. The van der Waals surface area contributed by atoms with Crippen LogP contribution in [-0.4, -0.2) is 88.2 Å². The molecule has 0 aliphatic carbocycles. The molecule has 11 heteroatoms. The zero-order valence-electron chi connectivity index (χ0n) is 27.2. The minimum absolute atomic E-state index is 0.0698. The highest BCUT2D eigenvalue weighted by Crippen LogP contribution is 2.36. The van der Waals surface area contributed by atoms with Gasteiger partial charge in [-0.2, -0.15) is 11.8 Å². The zero-order valence-corrected chi connectivity index (χ0v) is 28.9. The number of nitrogens with one attached hydrogen (secondary N) is 2. The summed E-state index contributed by atoms with van der Waals surface area (Å²) in [4.78, 5) is 62.4. The minimum atomic E-state index is -0.892. The number of aliphatic carboxylic acids is 1. The van der Waals surface area contributed by atoms with Crippen molar-refractivity contribution in [2.24, 2.45) is 11.8 Å². The molecule has 0 heterocycles. The van der Waals surface area contributed by atoms with Crippen molar-refractivity contribution >= 4 is 53.0 Å². The van der Waals surface area contributed by atoms with Crippen LogP contribution < -0.4 is 10.6 Å². The van der Waals surface area contributed by atoms with E-state index in [0.29, 0.717) is 12.3 Å². The van der Waals surface area contributed by atoms with Gasteiger partial charge in [0.2, 0.25) is 17.7 Å². The van der Waals surface area contributed by atoms with Gasteiger partial charge in [0.15, 0.2) is 0 Å². The van der Waals surface area contributed by atoms with Crippen LogP contribution in [0.1, 0.15) is 98.3 Å². The third-order valence-electron chi connectivity index (χ3n) is 7.08. The van der Waals surface area contributed by atoms with Crippen LogP contribution in [0.15, 0.2) is 0 Å². The van der Waals surface area contributed by atoms with Crippen molar-refractivity contribution in [3.8, 4) is 0 Å². The van der Waals surface area contributed by atoms with E-state index in [4.69, 9.17) is 12.0 Å². The lowest BCUT2D eigenvalue weighted by molar-refractivity contribution is -0.137. The predicted molar refractivity (Wildman–Crippen MR) is 178 cm³/mol. The van der Waals surface area contributed by atoms with E-state index in [2.05, 4.69) is 17.1 Å². The first-order chi connectivity index (χ1) is 20.2. The molecule has 247 valence electrons.